The summed E-state index contributed by atoms with van der Waals surface area (Å²) < 4.78 is 0. The van der Waals surface area contributed by atoms with E-state index in [0.29, 0.717) is 21.7 Å². The molecule has 4 aliphatic carbocycles. The third-order valence-electron chi connectivity index (χ3n) is 8.72. The maximum Gasteiger partial charge on any atom is 0 e. The smallest absolute Gasteiger partial charge is 0 e. The minimum absolute atomic E-state index is 0. The predicted octanol–water partition coefficient (Wildman–Crippen LogP) is 6.58. The summed E-state index contributed by atoms with van der Waals surface area (Å²) in [5, 5.41) is 0. The van der Waals surface area contributed by atoms with Gasteiger partial charge in [0, 0.05) is 25.3 Å². The second kappa shape index (κ2) is 6.26. The molecule has 0 amide bonds. The van der Waals surface area contributed by atoms with Gasteiger partial charge in [0.1, 0.15) is 0 Å². The average molecular weight is 411 g/mol. The summed E-state index contributed by atoms with van der Waals surface area (Å²) in [7, 11) is 0. The van der Waals surface area contributed by atoms with Gasteiger partial charge in [-0.1, -0.05) is 49.0 Å². The normalized spacial score (nSPS) is 45.5. The summed E-state index contributed by atoms with van der Waals surface area (Å²) in [6, 6.07) is 0. The molecule has 4 rings (SSSR count). The molecule has 0 aromatic rings. The molecule has 6 radical (unpaired) electrons. The van der Waals surface area contributed by atoms with Gasteiger partial charge in [0.05, 0.1) is 0 Å². The number of fused-ring (bicyclic) bond motifs is 4. The van der Waals surface area contributed by atoms with Crippen molar-refractivity contribution in [3.63, 3.8) is 0 Å². The fourth-order valence-corrected chi connectivity index (χ4v) is 5.61. The fourth-order valence-electron chi connectivity index (χ4n) is 5.61. The van der Waals surface area contributed by atoms with E-state index in [-0.39, 0.29) is 32.8 Å². The first-order chi connectivity index (χ1) is 9.12. The Bertz CT molecular complexity index is 339. The Kier molecular flexibility index (Phi) is 5.93. The molecule has 0 nitrogen and oxygen atoms in total. The van der Waals surface area contributed by atoms with Crippen molar-refractivity contribution in [2.45, 2.75) is 87.5 Å². The topological polar surface area (TPSA) is 0 Å². The van der Waals surface area contributed by atoms with Crippen LogP contribution in [0, 0.1) is 46.3 Å². The summed E-state index contributed by atoms with van der Waals surface area (Å²) in [6.45, 7) is 14.6. The molecule has 4 fully saturated rings. The van der Waals surface area contributed by atoms with E-state index in [2.05, 4.69) is 54.4 Å². The van der Waals surface area contributed by atoms with E-state index >= 15 is 0 Å². The molecule has 4 atom stereocenters. The Labute approximate surface area is 159 Å². The van der Waals surface area contributed by atoms with Gasteiger partial charge < -0.3 is 0 Å². The molecule has 4 bridgehead atoms. The second-order valence-corrected chi connectivity index (χ2v) is 9.63. The van der Waals surface area contributed by atoms with Crippen LogP contribution in [0.1, 0.15) is 88.9 Å². The van der Waals surface area contributed by atoms with Gasteiger partial charge in [0.15, 0.2) is 0 Å². The zero-order chi connectivity index (χ0) is 14.8. The van der Waals surface area contributed by atoms with Gasteiger partial charge in [-0.3, -0.25) is 0 Å². The first kappa shape index (κ1) is 20.8. The van der Waals surface area contributed by atoms with E-state index in [9.17, 15) is 0 Å². The minimum atomic E-state index is 0. The van der Waals surface area contributed by atoms with Crippen LogP contribution in [0.25, 0.3) is 0 Å². The van der Waals surface area contributed by atoms with Crippen LogP contribution in [0.5, 0.6) is 0 Å². The van der Waals surface area contributed by atoms with Crippen molar-refractivity contribution in [2.75, 3.05) is 0 Å². The van der Waals surface area contributed by atoms with Crippen LogP contribution in [0.15, 0.2) is 0 Å². The Morgan fingerprint density at radius 3 is 1.09 bits per heavy atom. The third kappa shape index (κ3) is 2.71. The average Bonchev–Trinajstić information content (AvgIpc) is 2.91. The fraction of sp³-hybridized carbons (Fsp3) is 0.905. The van der Waals surface area contributed by atoms with Crippen LogP contribution in [0.4, 0.5) is 0 Å². The monoisotopic (exact) mass is 412 g/mol. The van der Waals surface area contributed by atoms with Crippen molar-refractivity contribution in [3.8, 4) is 0 Å². The molecule has 0 heterocycles. The van der Waals surface area contributed by atoms with Crippen molar-refractivity contribution >= 4 is 23.9 Å². The van der Waals surface area contributed by atoms with Gasteiger partial charge in [-0.2, -0.15) is 0 Å². The van der Waals surface area contributed by atoms with E-state index in [1.807, 2.05) is 0 Å². The first-order valence-corrected chi connectivity index (χ1v) is 8.81. The second-order valence-electron chi connectivity index (χ2n) is 9.63. The molecule has 4 aliphatic rings. The SMILES string of the molecule is C.CC1(C)[C@H]2C[CH][C@]1(C)CC2.CC1(C)[C@H]2C[CH][C@]1(C)CC2.[HH].[Sn]. The van der Waals surface area contributed by atoms with Crippen molar-refractivity contribution in [3.05, 3.63) is 12.8 Å². The molecule has 0 saturated heterocycles. The van der Waals surface area contributed by atoms with Gasteiger partial charge in [-0.15, -0.1) is 0 Å². The molecule has 128 valence electrons. The van der Waals surface area contributed by atoms with Crippen LogP contribution >= 0.6 is 0 Å². The van der Waals surface area contributed by atoms with Gasteiger partial charge in [-0.25, -0.2) is 0 Å². The number of hydrogen-bond donors (Lipinski definition) is 0. The van der Waals surface area contributed by atoms with Crippen LogP contribution in [0.2, 0.25) is 0 Å². The van der Waals surface area contributed by atoms with E-state index in [0.717, 1.165) is 11.8 Å². The molecule has 0 unspecified atom stereocenters. The Balaban J connectivity index is 0.000000372. The third-order valence-corrected chi connectivity index (χ3v) is 8.72. The molecule has 0 aromatic carbocycles. The van der Waals surface area contributed by atoms with Crippen molar-refractivity contribution < 1.29 is 1.43 Å². The zero-order valence-electron chi connectivity index (χ0n) is 15.1. The molecule has 4 saturated carbocycles. The van der Waals surface area contributed by atoms with E-state index in [4.69, 9.17) is 0 Å². The summed E-state index contributed by atoms with van der Waals surface area (Å²) in [5.74, 6) is 2.00. The standard InChI is InChI=1S/2C10H17.CH4.Sn.H2/c2*1-9(2)8-4-6-10(9,3)7-5-8;;;/h2*6,8H,4-5,7H2,1-3H3;1H4;;1H/t2*8-,10+;;;/m00.../s1. The Morgan fingerprint density at radius 2 is 1.05 bits per heavy atom. The summed E-state index contributed by atoms with van der Waals surface area (Å²) >= 11 is 0. The summed E-state index contributed by atoms with van der Waals surface area (Å²) in [4.78, 5) is 0. The van der Waals surface area contributed by atoms with E-state index in [1.165, 1.54) is 38.5 Å². The maximum absolute atomic E-state index is 2.56. The quantitative estimate of drug-likeness (QED) is 0.395. The van der Waals surface area contributed by atoms with Gasteiger partial charge in [-0.05, 0) is 84.9 Å². The Hall–Kier alpha value is 0.799. The van der Waals surface area contributed by atoms with E-state index in [1.54, 1.807) is 0 Å². The van der Waals surface area contributed by atoms with E-state index < -0.39 is 0 Å². The molecular weight excluding hydrogens is 371 g/mol. The molecular formula is C21H40Sn. The van der Waals surface area contributed by atoms with Crippen LogP contribution in [0.3, 0.4) is 0 Å². The van der Waals surface area contributed by atoms with Gasteiger partial charge in [0.2, 0.25) is 0 Å². The molecule has 0 N–H and O–H groups in total. The molecule has 0 aromatic heterocycles. The van der Waals surface area contributed by atoms with Crippen LogP contribution in [-0.2, 0) is 0 Å². The van der Waals surface area contributed by atoms with Crippen molar-refractivity contribution in [1.29, 1.82) is 0 Å². The number of hydrogen-bond acceptors (Lipinski definition) is 0. The van der Waals surface area contributed by atoms with Crippen LogP contribution in [-0.4, -0.2) is 23.9 Å². The minimum Gasteiger partial charge on any atom is -0.0776 e. The number of rotatable bonds is 0. The van der Waals surface area contributed by atoms with Gasteiger partial charge in [0.25, 0.3) is 0 Å². The van der Waals surface area contributed by atoms with Crippen molar-refractivity contribution in [1.82, 2.24) is 0 Å². The molecule has 22 heavy (non-hydrogen) atoms. The predicted molar refractivity (Wildman–Crippen MR) is 102 cm³/mol. The Morgan fingerprint density at radius 1 is 0.727 bits per heavy atom. The molecule has 0 aliphatic heterocycles. The first-order valence-electron chi connectivity index (χ1n) is 8.81. The van der Waals surface area contributed by atoms with Crippen molar-refractivity contribution in [2.24, 2.45) is 33.5 Å². The maximum atomic E-state index is 2.56. The molecule has 0 spiro atoms. The zero-order valence-corrected chi connectivity index (χ0v) is 17.9. The molecule has 1 heteroatoms. The summed E-state index contributed by atoms with van der Waals surface area (Å²) in [6.07, 6.45) is 13.7. The van der Waals surface area contributed by atoms with Crippen LogP contribution < -0.4 is 0 Å². The van der Waals surface area contributed by atoms with Gasteiger partial charge >= 0.3 is 0 Å². The summed E-state index contributed by atoms with van der Waals surface area (Å²) in [5.41, 5.74) is 2.37. The largest absolute Gasteiger partial charge is 0.0776 e.